The fourth-order valence-corrected chi connectivity index (χ4v) is 0. The summed E-state index contributed by atoms with van der Waals surface area (Å²) >= 11 is 0. The molecule has 0 radical (unpaired) electrons. The Morgan fingerprint density at radius 2 is 1.25 bits per heavy atom. The van der Waals surface area contributed by atoms with Crippen LogP contribution >= 0.6 is 0 Å². The van der Waals surface area contributed by atoms with Crippen LogP contribution < -0.4 is 0 Å². The zero-order valence-electron chi connectivity index (χ0n) is 1.47. The molecule has 0 aliphatic carbocycles. The molecule has 0 N–H and O–H groups in total. The second kappa shape index (κ2) is 187. The molecule has 0 unspecified atom stereocenters. The Kier molecular flexibility index (Phi) is 1290. The van der Waals surface area contributed by atoms with Gasteiger partial charge in [0.2, 0.25) is 0 Å². The van der Waals surface area contributed by atoms with Gasteiger partial charge in [0.25, 0.3) is 0 Å². The first kappa shape index (κ1) is 27.6. The Morgan fingerprint density at radius 1 is 1.25 bits per heavy atom. The smallest absolute Gasteiger partial charge is 0.106 e. The molecule has 0 atom stereocenters. The van der Waals surface area contributed by atoms with E-state index in [1.807, 2.05) is 6.79 Å². The third-order valence-electron chi connectivity index (χ3n) is 0. The maximum absolute atomic E-state index is 8.00. The summed E-state index contributed by atoms with van der Waals surface area (Å²) in [6.45, 7) is 2.00. The van der Waals surface area contributed by atoms with Gasteiger partial charge in [-0.15, -0.1) is 0 Å². The van der Waals surface area contributed by atoms with Gasteiger partial charge in [-0.3, -0.25) is 0 Å². The largest absolute Gasteiger partial charge is 0.307 e. The third-order valence-corrected chi connectivity index (χ3v) is 0. The van der Waals surface area contributed by atoms with Crippen LogP contribution in [0.1, 0.15) is 7.43 Å². The molecule has 0 aliphatic heterocycles. The molecular formula is C2H6OOs. The number of hydrogen-bond acceptors (Lipinski definition) is 1. The molecule has 0 heterocycles. The predicted octanol–water partition coefficient (Wildman–Crippen LogP) is 0.449. The maximum atomic E-state index is 8.00. The van der Waals surface area contributed by atoms with Gasteiger partial charge >= 0.3 is 0 Å². The van der Waals surface area contributed by atoms with Crippen LogP contribution in [0.4, 0.5) is 0 Å². The zero-order chi connectivity index (χ0) is 2.00. The quantitative estimate of drug-likeness (QED) is 0.597. The first-order valence-electron chi connectivity index (χ1n) is 0.289. The van der Waals surface area contributed by atoms with Crippen LogP contribution in [0.25, 0.3) is 0 Å². The monoisotopic (exact) mass is 238 g/mol. The van der Waals surface area contributed by atoms with Crippen LogP contribution in [0.3, 0.4) is 0 Å². The van der Waals surface area contributed by atoms with Crippen molar-refractivity contribution in [2.75, 3.05) is 0 Å². The molecule has 2 heteroatoms. The molecule has 0 fully saturated rings. The molecule has 0 spiro atoms. The summed E-state index contributed by atoms with van der Waals surface area (Å²) in [4.78, 5) is 8.00. The van der Waals surface area contributed by atoms with Crippen LogP contribution in [0.15, 0.2) is 0 Å². The third kappa shape index (κ3) is 41.9. The molecule has 0 aromatic heterocycles. The van der Waals surface area contributed by atoms with Gasteiger partial charge in [0.15, 0.2) is 0 Å². The summed E-state index contributed by atoms with van der Waals surface area (Å²) in [7, 11) is 0. The minimum Gasteiger partial charge on any atom is -0.307 e. The zero-order valence-corrected chi connectivity index (χ0v) is 4.01. The molecule has 0 saturated heterocycles. The van der Waals surface area contributed by atoms with Crippen molar-refractivity contribution in [1.82, 2.24) is 0 Å². The Balaban J connectivity index is -0.00000000500. The summed E-state index contributed by atoms with van der Waals surface area (Å²) in [6, 6.07) is 0. The van der Waals surface area contributed by atoms with Gasteiger partial charge < -0.3 is 4.79 Å². The van der Waals surface area contributed by atoms with Gasteiger partial charge in [-0.2, -0.15) is 0 Å². The van der Waals surface area contributed by atoms with E-state index in [2.05, 4.69) is 0 Å². The SMILES string of the molecule is C.C=O.[Os]. The van der Waals surface area contributed by atoms with Crippen molar-refractivity contribution in [3.63, 3.8) is 0 Å². The standard InChI is InChI=1S/CH2O.CH4.Os/c1-2;;/h1H2;1H4;. The number of hydrogen-bond donors (Lipinski definition) is 0. The summed E-state index contributed by atoms with van der Waals surface area (Å²) in [6.07, 6.45) is 0. The van der Waals surface area contributed by atoms with E-state index in [1.165, 1.54) is 0 Å². The number of carbonyl (C=O) groups excluding carboxylic acids is 1. The molecule has 0 saturated carbocycles. The van der Waals surface area contributed by atoms with Crippen molar-refractivity contribution in [2.24, 2.45) is 0 Å². The number of carbonyl (C=O) groups is 1. The Hall–Kier alpha value is 0.306. The van der Waals surface area contributed by atoms with Crippen molar-refractivity contribution < 1.29 is 24.6 Å². The average Bonchev–Trinajstić information content (AvgIpc) is 1.00. The van der Waals surface area contributed by atoms with Gasteiger partial charge in [0.05, 0.1) is 0 Å². The first-order chi connectivity index (χ1) is 1.00. The van der Waals surface area contributed by atoms with E-state index in [-0.39, 0.29) is 27.2 Å². The van der Waals surface area contributed by atoms with Gasteiger partial charge in [-0.05, 0) is 0 Å². The fourth-order valence-electron chi connectivity index (χ4n) is 0. The van der Waals surface area contributed by atoms with E-state index in [4.69, 9.17) is 4.79 Å². The van der Waals surface area contributed by atoms with E-state index in [9.17, 15) is 0 Å². The second-order valence-electron chi connectivity index (χ2n) is 0. The van der Waals surface area contributed by atoms with Crippen molar-refractivity contribution >= 4 is 6.79 Å². The first-order valence-corrected chi connectivity index (χ1v) is 0.289. The Morgan fingerprint density at radius 3 is 1.25 bits per heavy atom. The summed E-state index contributed by atoms with van der Waals surface area (Å²) in [5, 5.41) is 0. The minimum atomic E-state index is 0. The molecule has 28 valence electrons. The average molecular weight is 236 g/mol. The summed E-state index contributed by atoms with van der Waals surface area (Å²) < 4.78 is 0. The topological polar surface area (TPSA) is 17.1 Å². The normalized spacial score (nSPS) is 1.00. The van der Waals surface area contributed by atoms with E-state index in [1.54, 1.807) is 0 Å². The minimum absolute atomic E-state index is 0. The fraction of sp³-hybridized carbons (Fsp3) is 0.500. The summed E-state index contributed by atoms with van der Waals surface area (Å²) in [5.74, 6) is 0. The van der Waals surface area contributed by atoms with Crippen LogP contribution in [-0.2, 0) is 24.6 Å². The van der Waals surface area contributed by atoms with E-state index < -0.39 is 0 Å². The van der Waals surface area contributed by atoms with Crippen molar-refractivity contribution in [3.8, 4) is 0 Å². The van der Waals surface area contributed by atoms with Crippen molar-refractivity contribution in [2.45, 2.75) is 7.43 Å². The van der Waals surface area contributed by atoms with Crippen LogP contribution in [0, 0.1) is 0 Å². The van der Waals surface area contributed by atoms with E-state index >= 15 is 0 Å². The Labute approximate surface area is 39.5 Å². The predicted molar refractivity (Wildman–Crippen MR) is 13.9 cm³/mol. The molecule has 0 aromatic carbocycles. The Bertz CT molecular complexity index is 6.00. The molecule has 0 aliphatic rings. The molecule has 1 nitrogen and oxygen atoms in total. The van der Waals surface area contributed by atoms with Gasteiger partial charge in [0.1, 0.15) is 6.79 Å². The van der Waals surface area contributed by atoms with Crippen molar-refractivity contribution in [1.29, 1.82) is 0 Å². The van der Waals surface area contributed by atoms with Gasteiger partial charge in [-0.1, -0.05) is 7.43 Å². The van der Waals surface area contributed by atoms with Crippen LogP contribution in [0.2, 0.25) is 0 Å². The van der Waals surface area contributed by atoms with Crippen LogP contribution in [-0.4, -0.2) is 6.79 Å². The summed E-state index contributed by atoms with van der Waals surface area (Å²) in [5.41, 5.74) is 0. The molecule has 0 bridgehead atoms. The van der Waals surface area contributed by atoms with Crippen LogP contribution in [0.5, 0.6) is 0 Å². The number of rotatable bonds is 0. The van der Waals surface area contributed by atoms with Gasteiger partial charge in [-0.25, -0.2) is 0 Å². The van der Waals surface area contributed by atoms with E-state index in [0.29, 0.717) is 0 Å². The molecule has 0 amide bonds. The van der Waals surface area contributed by atoms with Crippen molar-refractivity contribution in [3.05, 3.63) is 0 Å². The second-order valence-corrected chi connectivity index (χ2v) is 0. The molecular weight excluding hydrogens is 230 g/mol. The molecule has 0 rings (SSSR count). The van der Waals surface area contributed by atoms with Gasteiger partial charge in [0, 0.05) is 19.8 Å². The molecule has 0 aromatic rings. The molecule has 4 heavy (non-hydrogen) atoms. The maximum Gasteiger partial charge on any atom is 0.106 e. The van der Waals surface area contributed by atoms with E-state index in [0.717, 1.165) is 0 Å².